The number of carbonyl (C=O) groups excluding carboxylic acids is 4. The number of hydrogen-bond acceptors (Lipinski definition) is 13. The van der Waals surface area contributed by atoms with Gasteiger partial charge in [-0.2, -0.15) is 0 Å². The first-order valence-corrected chi connectivity index (χ1v) is 27.5. The maximum absolute atomic E-state index is 14.7. The van der Waals surface area contributed by atoms with E-state index in [-0.39, 0.29) is 48.4 Å². The van der Waals surface area contributed by atoms with Gasteiger partial charge in [0.1, 0.15) is 28.7 Å². The van der Waals surface area contributed by atoms with Gasteiger partial charge in [-0.25, -0.2) is 19.3 Å². The van der Waals surface area contributed by atoms with Crippen LogP contribution in [0.15, 0.2) is 64.2 Å². The molecule has 2 atom stereocenters. The summed E-state index contributed by atoms with van der Waals surface area (Å²) in [5.41, 5.74) is 8.67. The first-order chi connectivity index (χ1) is 34.4. The number of alkyl halides is 1. The summed E-state index contributed by atoms with van der Waals surface area (Å²) in [6.45, 7) is 15.7. The molecule has 15 nitrogen and oxygen atoms in total. The third-order valence-electron chi connectivity index (χ3n) is 14.8. The largest absolute Gasteiger partial charge is 0.493 e. The summed E-state index contributed by atoms with van der Waals surface area (Å²) in [7, 11) is 0. The first-order valence-electron chi connectivity index (χ1n) is 25.4. The number of rotatable bonds is 19. The Labute approximate surface area is 436 Å². The van der Waals surface area contributed by atoms with Crippen molar-refractivity contribution in [3.63, 3.8) is 0 Å². The molecule has 3 saturated heterocycles. The number of carbonyl (C=O) groups is 4. The molecule has 2 aromatic heterocycles. The van der Waals surface area contributed by atoms with Crippen LogP contribution in [0.3, 0.4) is 0 Å². The van der Waals surface area contributed by atoms with Gasteiger partial charge in [0.2, 0.25) is 17.7 Å². The van der Waals surface area contributed by atoms with Gasteiger partial charge in [0.25, 0.3) is 5.91 Å². The van der Waals surface area contributed by atoms with Crippen LogP contribution >= 0.6 is 34.7 Å². The first kappa shape index (κ1) is 53.4. The fraction of sp³-hybridized carbons (Fsp3) is 0.566. The topological polar surface area (TPSA) is 188 Å². The lowest BCUT2D eigenvalue weighted by atomic mass is 9.80. The van der Waals surface area contributed by atoms with Crippen molar-refractivity contribution in [2.45, 2.75) is 133 Å². The summed E-state index contributed by atoms with van der Waals surface area (Å²) in [6, 6.07) is 9.93. The number of aryl methyl sites for hydroxylation is 1. The zero-order valence-corrected chi connectivity index (χ0v) is 44.6. The van der Waals surface area contributed by atoms with Crippen molar-refractivity contribution in [3.8, 4) is 16.2 Å². The molecule has 3 aliphatic heterocycles. The van der Waals surface area contributed by atoms with Crippen LogP contribution in [-0.2, 0) is 25.7 Å². The summed E-state index contributed by atoms with van der Waals surface area (Å²) < 4.78 is 21.1. The molecule has 72 heavy (non-hydrogen) atoms. The molecule has 1 saturated carbocycles. The number of nitrogens with one attached hydrogen (secondary N) is 3. The zero-order chi connectivity index (χ0) is 51.2. The molecule has 0 spiro atoms. The van der Waals surface area contributed by atoms with Gasteiger partial charge < -0.3 is 41.1 Å². The number of piperidine rings is 2. The van der Waals surface area contributed by atoms with Gasteiger partial charge >= 0.3 is 0 Å². The molecule has 4 fully saturated rings. The van der Waals surface area contributed by atoms with Crippen molar-refractivity contribution in [2.75, 3.05) is 62.6 Å². The van der Waals surface area contributed by atoms with Crippen LogP contribution in [0, 0.1) is 23.7 Å². The van der Waals surface area contributed by atoms with E-state index < -0.39 is 29.1 Å². The monoisotopic (exact) mass is 1040 g/mol. The number of hydrogen-bond donors (Lipinski definition) is 4. The lowest BCUT2D eigenvalue weighted by Gasteiger charge is -2.39. The molecular weight excluding hydrogens is 975 g/mol. The molecule has 0 radical (unpaired) electrons. The van der Waals surface area contributed by atoms with E-state index in [1.54, 1.807) is 17.5 Å². The third kappa shape index (κ3) is 13.1. The van der Waals surface area contributed by atoms with Crippen LogP contribution < -0.4 is 31.3 Å². The Kier molecular flexibility index (Phi) is 17.2. The predicted molar refractivity (Wildman–Crippen MR) is 282 cm³/mol. The van der Waals surface area contributed by atoms with Crippen molar-refractivity contribution in [2.24, 2.45) is 22.5 Å². The third-order valence-corrected chi connectivity index (χ3v) is 17.2. The Hall–Kier alpha value is -4.88. The number of ether oxygens (including phenoxy) is 1. The molecule has 0 unspecified atom stereocenters. The molecule has 2 aromatic carbocycles. The van der Waals surface area contributed by atoms with E-state index in [4.69, 9.17) is 27.1 Å². The van der Waals surface area contributed by atoms with E-state index in [9.17, 15) is 23.6 Å². The zero-order valence-electron chi connectivity index (χ0n) is 42.2. The van der Waals surface area contributed by atoms with Crippen LogP contribution in [0.2, 0.25) is 5.02 Å². The number of halogens is 2. The van der Waals surface area contributed by atoms with Crippen molar-refractivity contribution in [1.82, 2.24) is 35.4 Å². The lowest BCUT2D eigenvalue weighted by Crippen LogP contribution is -2.58. The van der Waals surface area contributed by atoms with Crippen LogP contribution in [0.1, 0.15) is 103 Å². The van der Waals surface area contributed by atoms with Gasteiger partial charge in [0.05, 0.1) is 45.8 Å². The molecule has 5 heterocycles. The highest BCUT2D eigenvalue weighted by Gasteiger charge is 2.53. The summed E-state index contributed by atoms with van der Waals surface area (Å²) in [6.07, 6.45) is 10.3. The quantitative estimate of drug-likeness (QED) is 0.0658. The fourth-order valence-corrected chi connectivity index (χ4v) is 11.5. The maximum Gasteiger partial charge on any atom is 0.258 e. The van der Waals surface area contributed by atoms with Crippen molar-refractivity contribution >= 4 is 69.8 Å². The van der Waals surface area contributed by atoms with E-state index in [1.165, 1.54) is 16.7 Å². The molecule has 388 valence electrons. The second-order valence-electron chi connectivity index (χ2n) is 21.3. The highest BCUT2D eigenvalue weighted by atomic mass is 35.5. The number of amides is 4. The van der Waals surface area contributed by atoms with Crippen LogP contribution in [0.25, 0.3) is 10.4 Å². The predicted octanol–water partition coefficient (Wildman–Crippen LogP) is 8.43. The van der Waals surface area contributed by atoms with E-state index in [1.807, 2.05) is 75.8 Å². The van der Waals surface area contributed by atoms with E-state index in [0.29, 0.717) is 49.0 Å². The molecule has 4 aliphatic rings. The van der Waals surface area contributed by atoms with Gasteiger partial charge in [-0.3, -0.25) is 19.2 Å². The summed E-state index contributed by atoms with van der Waals surface area (Å²) in [4.78, 5) is 75.8. The van der Waals surface area contributed by atoms with E-state index in [2.05, 4.69) is 42.6 Å². The van der Waals surface area contributed by atoms with E-state index in [0.717, 1.165) is 109 Å². The van der Waals surface area contributed by atoms with Crippen LogP contribution in [0.5, 0.6) is 5.75 Å². The number of unbranched alkanes of at least 4 members (excludes halogenated alkanes) is 1. The van der Waals surface area contributed by atoms with Gasteiger partial charge in [-0.05, 0) is 132 Å². The molecule has 0 bridgehead atoms. The maximum atomic E-state index is 14.7. The molecule has 1 aliphatic carbocycles. The van der Waals surface area contributed by atoms with Crippen LogP contribution in [-0.4, -0.2) is 119 Å². The number of aromatic nitrogens is 3. The number of thiazole rings is 1. The molecule has 4 aromatic rings. The lowest BCUT2D eigenvalue weighted by molar-refractivity contribution is -0.144. The number of nitrogens with two attached hydrogens (primary N) is 1. The van der Waals surface area contributed by atoms with E-state index >= 15 is 0 Å². The highest BCUT2D eigenvalue weighted by molar-refractivity contribution is 7.99. The number of benzene rings is 2. The number of nitrogens with zero attached hydrogens (tertiary/aromatic N) is 6. The minimum absolute atomic E-state index is 0.0270. The minimum Gasteiger partial charge on any atom is -0.493 e. The Morgan fingerprint density at radius 1 is 0.972 bits per heavy atom. The average molecular weight is 1050 g/mol. The Bertz CT molecular complexity index is 2560. The standard InChI is InChI=1S/C53H70ClFN10O5S2/c1-34-45(71-33-60-34)36-13-14-37(29-59-48(67)39-11-9-22-65(39)49(68)46(51(2,3)4)62-50(69)53(55)17-18-53)40(28-36)70-27-7-6-21-63-23-15-35(16-24-63)47(66)61-38-10-8-12-41(44(38)54)72-43-31-57-42(30-58-43)64-25-19-52(5,32-56)20-26-64/h8,10,12-14,28,30-31,33,35,39,46H,6-7,9,11,15-27,29,32,56H2,1-5H3,(H,59,67)(H,61,66)(H,62,69)/t39-,46+/m0/s1. The Morgan fingerprint density at radius 2 is 1.74 bits per heavy atom. The Balaban J connectivity index is 0.792. The summed E-state index contributed by atoms with van der Waals surface area (Å²) in [5.74, 6) is -0.0530. The van der Waals surface area contributed by atoms with Gasteiger partial charge in [0, 0.05) is 42.6 Å². The van der Waals surface area contributed by atoms with Crippen molar-refractivity contribution in [3.05, 3.63) is 70.6 Å². The molecule has 4 amide bonds. The molecule has 5 N–H and O–H groups in total. The second-order valence-corrected chi connectivity index (χ2v) is 23.6. The summed E-state index contributed by atoms with van der Waals surface area (Å²) >= 11 is 9.84. The molecule has 8 rings (SSSR count). The summed E-state index contributed by atoms with van der Waals surface area (Å²) in [5, 5.41) is 10.0. The average Bonchev–Trinajstić information content (AvgIpc) is 3.69. The SMILES string of the molecule is Cc1ncsc1-c1ccc(CNC(=O)[C@@H]2CCCN2C(=O)[C@@H](NC(=O)C2(F)CC2)C(C)(C)C)c(OCCCCN2CCC(C(=O)Nc3cccc(Sc4cnc(N5CCC(C)(CN)CC5)cn4)c3Cl)CC2)c1. The van der Waals surface area contributed by atoms with Crippen molar-refractivity contribution in [1.29, 1.82) is 0 Å². The second kappa shape index (κ2) is 23.1. The molecular formula is C53H70ClFN10O5S2. The molecule has 19 heteroatoms. The minimum atomic E-state index is -1.92. The van der Waals surface area contributed by atoms with Gasteiger partial charge in [-0.1, -0.05) is 69.3 Å². The number of anilines is 2. The fourth-order valence-electron chi connectivity index (χ4n) is 9.65. The van der Waals surface area contributed by atoms with Gasteiger partial charge in [0.15, 0.2) is 5.67 Å². The normalized spacial score (nSPS) is 19.4. The van der Waals surface area contributed by atoms with Crippen molar-refractivity contribution < 1.29 is 28.3 Å². The van der Waals surface area contributed by atoms with Crippen LogP contribution in [0.4, 0.5) is 15.9 Å². The highest BCUT2D eigenvalue weighted by Crippen LogP contribution is 2.41. The Morgan fingerprint density at radius 3 is 2.40 bits per heavy atom. The van der Waals surface area contributed by atoms with Gasteiger partial charge in [-0.15, -0.1) is 11.3 Å². The smallest absolute Gasteiger partial charge is 0.258 e. The number of likely N-dealkylation sites (tertiary alicyclic amines) is 2.